The third-order valence-corrected chi connectivity index (χ3v) is 4.72. The molecule has 20 heavy (non-hydrogen) atoms. The highest BCUT2D eigenvalue weighted by molar-refractivity contribution is 7.89. The summed E-state index contributed by atoms with van der Waals surface area (Å²) in [6, 6.07) is 1.65. The Morgan fingerprint density at radius 3 is 2.95 bits per heavy atom. The van der Waals surface area contributed by atoms with Crippen LogP contribution in [-0.2, 0) is 16.4 Å². The zero-order valence-electron chi connectivity index (χ0n) is 11.0. The first-order chi connectivity index (χ1) is 9.63. The fourth-order valence-corrected chi connectivity index (χ4v) is 3.43. The number of thiazole rings is 1. The fourth-order valence-electron chi connectivity index (χ4n) is 1.68. The molecule has 108 valence electrons. The zero-order valence-corrected chi connectivity index (χ0v) is 12.7. The van der Waals surface area contributed by atoms with Crippen LogP contribution in [0.2, 0.25) is 0 Å². The fraction of sp³-hybridized carbons (Fsp3) is 0.333. The van der Waals surface area contributed by atoms with E-state index >= 15 is 0 Å². The lowest BCUT2D eigenvalue weighted by Crippen LogP contribution is -2.27. The minimum atomic E-state index is -3.57. The standard InChI is InChI=1S/C12H16N4O2S2/c1-2-14-11-4-5-13-7-12(11)20(17,18)16-6-3-10-8-19-9-15-10/h4-5,7-9,16H,2-3,6H2,1H3,(H,13,14). The second-order valence-corrected chi connectivity index (χ2v) is 6.48. The lowest BCUT2D eigenvalue weighted by Gasteiger charge is -2.11. The SMILES string of the molecule is CCNc1ccncc1S(=O)(=O)NCCc1cscn1. The Labute approximate surface area is 122 Å². The van der Waals surface area contributed by atoms with Crippen molar-refractivity contribution in [2.45, 2.75) is 18.2 Å². The van der Waals surface area contributed by atoms with Crippen LogP contribution >= 0.6 is 11.3 Å². The molecule has 0 aromatic carbocycles. The van der Waals surface area contributed by atoms with Crippen LogP contribution in [0.5, 0.6) is 0 Å². The first-order valence-electron chi connectivity index (χ1n) is 6.18. The predicted octanol–water partition coefficient (Wildman–Crippen LogP) is 1.49. The molecule has 0 spiro atoms. The maximum Gasteiger partial charge on any atom is 0.244 e. The molecule has 2 rings (SSSR count). The van der Waals surface area contributed by atoms with Gasteiger partial charge >= 0.3 is 0 Å². The van der Waals surface area contributed by atoms with E-state index in [4.69, 9.17) is 0 Å². The molecule has 0 saturated carbocycles. The molecule has 2 aromatic rings. The number of anilines is 1. The molecule has 0 aliphatic carbocycles. The van der Waals surface area contributed by atoms with Gasteiger partial charge in [-0.15, -0.1) is 11.3 Å². The quantitative estimate of drug-likeness (QED) is 0.809. The van der Waals surface area contributed by atoms with Crippen LogP contribution in [0.15, 0.2) is 34.2 Å². The van der Waals surface area contributed by atoms with Crippen molar-refractivity contribution >= 4 is 27.0 Å². The predicted molar refractivity (Wildman–Crippen MR) is 79.4 cm³/mol. The molecule has 2 heterocycles. The molecule has 2 N–H and O–H groups in total. The summed E-state index contributed by atoms with van der Waals surface area (Å²) in [6.07, 6.45) is 3.48. The van der Waals surface area contributed by atoms with Crippen molar-refractivity contribution in [3.8, 4) is 0 Å². The van der Waals surface area contributed by atoms with Crippen molar-refractivity contribution in [1.82, 2.24) is 14.7 Å². The highest BCUT2D eigenvalue weighted by atomic mass is 32.2. The Morgan fingerprint density at radius 1 is 1.40 bits per heavy atom. The van der Waals surface area contributed by atoms with Crippen molar-refractivity contribution in [3.63, 3.8) is 0 Å². The smallest absolute Gasteiger partial charge is 0.244 e. The average Bonchev–Trinajstić information content (AvgIpc) is 2.92. The number of hydrogen-bond donors (Lipinski definition) is 2. The van der Waals surface area contributed by atoms with Crippen LogP contribution in [0.3, 0.4) is 0 Å². The summed E-state index contributed by atoms with van der Waals surface area (Å²) >= 11 is 1.49. The molecular weight excluding hydrogens is 296 g/mol. The lowest BCUT2D eigenvalue weighted by molar-refractivity contribution is 0.581. The maximum absolute atomic E-state index is 12.2. The van der Waals surface area contributed by atoms with Crippen LogP contribution in [0.25, 0.3) is 0 Å². The Balaban J connectivity index is 2.06. The summed E-state index contributed by atoms with van der Waals surface area (Å²) in [5.74, 6) is 0. The van der Waals surface area contributed by atoms with Crippen molar-refractivity contribution in [2.24, 2.45) is 0 Å². The highest BCUT2D eigenvalue weighted by Gasteiger charge is 2.18. The molecule has 0 aliphatic rings. The summed E-state index contributed by atoms with van der Waals surface area (Å²) in [5, 5.41) is 4.92. The van der Waals surface area contributed by atoms with E-state index in [9.17, 15) is 8.42 Å². The summed E-state index contributed by atoms with van der Waals surface area (Å²) < 4.78 is 27.1. The highest BCUT2D eigenvalue weighted by Crippen LogP contribution is 2.18. The molecule has 0 fully saturated rings. The molecule has 0 bridgehead atoms. The molecular formula is C12H16N4O2S2. The molecule has 0 radical (unpaired) electrons. The van der Waals surface area contributed by atoms with Crippen molar-refractivity contribution in [2.75, 3.05) is 18.4 Å². The average molecular weight is 312 g/mol. The minimum Gasteiger partial charge on any atom is -0.384 e. The van der Waals surface area contributed by atoms with Gasteiger partial charge in [-0.1, -0.05) is 0 Å². The summed E-state index contributed by atoms with van der Waals surface area (Å²) in [4.78, 5) is 8.16. The van der Waals surface area contributed by atoms with E-state index in [-0.39, 0.29) is 4.90 Å². The Bertz CT molecular complexity index is 641. The number of nitrogens with one attached hydrogen (secondary N) is 2. The second-order valence-electron chi connectivity index (χ2n) is 4.03. The lowest BCUT2D eigenvalue weighted by atomic mass is 10.3. The van der Waals surface area contributed by atoms with E-state index in [1.807, 2.05) is 12.3 Å². The van der Waals surface area contributed by atoms with Gasteiger partial charge in [0.15, 0.2) is 0 Å². The third kappa shape index (κ3) is 3.75. The van der Waals surface area contributed by atoms with Gasteiger partial charge in [0.2, 0.25) is 10.0 Å². The van der Waals surface area contributed by atoms with E-state index < -0.39 is 10.0 Å². The van der Waals surface area contributed by atoms with Gasteiger partial charge in [0.1, 0.15) is 4.90 Å². The summed E-state index contributed by atoms with van der Waals surface area (Å²) in [6.45, 7) is 2.87. The van der Waals surface area contributed by atoms with Gasteiger partial charge < -0.3 is 5.32 Å². The molecule has 8 heteroatoms. The van der Waals surface area contributed by atoms with Gasteiger partial charge in [-0.25, -0.2) is 18.1 Å². The van der Waals surface area contributed by atoms with Crippen LogP contribution in [0.4, 0.5) is 5.69 Å². The monoisotopic (exact) mass is 312 g/mol. The van der Waals surface area contributed by atoms with E-state index in [1.54, 1.807) is 17.8 Å². The van der Waals surface area contributed by atoms with Gasteiger partial charge in [0.25, 0.3) is 0 Å². The molecule has 0 atom stereocenters. The van der Waals surface area contributed by atoms with E-state index in [0.29, 0.717) is 25.2 Å². The Hall–Kier alpha value is -1.51. The van der Waals surface area contributed by atoms with E-state index in [1.165, 1.54) is 17.5 Å². The largest absolute Gasteiger partial charge is 0.384 e. The van der Waals surface area contributed by atoms with E-state index in [0.717, 1.165) is 5.69 Å². The molecule has 0 unspecified atom stereocenters. The van der Waals surface area contributed by atoms with Crippen molar-refractivity contribution in [1.29, 1.82) is 0 Å². The third-order valence-electron chi connectivity index (χ3n) is 2.60. The van der Waals surface area contributed by atoms with Crippen molar-refractivity contribution in [3.05, 3.63) is 35.0 Å². The van der Waals surface area contributed by atoms with Gasteiger partial charge in [-0.2, -0.15) is 0 Å². The number of rotatable bonds is 7. The zero-order chi connectivity index (χ0) is 14.4. The molecule has 0 amide bonds. The van der Waals surface area contributed by atoms with Crippen LogP contribution in [0.1, 0.15) is 12.6 Å². The Kier molecular flexibility index (Phi) is 5.05. The minimum absolute atomic E-state index is 0.167. The number of pyridine rings is 1. The van der Waals surface area contributed by atoms with Crippen LogP contribution in [-0.4, -0.2) is 31.5 Å². The maximum atomic E-state index is 12.2. The topological polar surface area (TPSA) is 84.0 Å². The van der Waals surface area contributed by atoms with Gasteiger partial charge in [0, 0.05) is 37.3 Å². The van der Waals surface area contributed by atoms with Crippen molar-refractivity contribution < 1.29 is 8.42 Å². The van der Waals surface area contributed by atoms with Crippen LogP contribution < -0.4 is 10.0 Å². The van der Waals surface area contributed by atoms with Gasteiger partial charge in [-0.05, 0) is 13.0 Å². The second kappa shape index (κ2) is 6.78. The first-order valence-corrected chi connectivity index (χ1v) is 8.60. The number of hydrogen-bond acceptors (Lipinski definition) is 6. The Morgan fingerprint density at radius 2 is 2.25 bits per heavy atom. The molecule has 6 nitrogen and oxygen atoms in total. The number of nitrogens with zero attached hydrogens (tertiary/aromatic N) is 2. The normalized spacial score (nSPS) is 11.4. The van der Waals surface area contributed by atoms with Crippen LogP contribution in [0, 0.1) is 0 Å². The molecule has 0 saturated heterocycles. The molecule has 0 aliphatic heterocycles. The van der Waals surface area contributed by atoms with Gasteiger partial charge in [-0.3, -0.25) is 4.98 Å². The number of sulfonamides is 1. The summed E-state index contributed by atoms with van der Waals surface area (Å²) in [7, 11) is -3.57. The summed E-state index contributed by atoms with van der Waals surface area (Å²) in [5.41, 5.74) is 3.17. The number of aromatic nitrogens is 2. The van der Waals surface area contributed by atoms with E-state index in [2.05, 4.69) is 20.0 Å². The first kappa shape index (κ1) is 14.9. The van der Waals surface area contributed by atoms with Gasteiger partial charge in [0.05, 0.1) is 16.9 Å². The molecule has 2 aromatic heterocycles.